The van der Waals surface area contributed by atoms with Crippen LogP contribution in [0.15, 0.2) is 84.9 Å². The molecule has 0 aliphatic rings. The Balaban J connectivity index is 1.96. The van der Waals surface area contributed by atoms with Gasteiger partial charge >= 0.3 is 0 Å². The summed E-state index contributed by atoms with van der Waals surface area (Å²) in [6.45, 7) is 8.76. The van der Waals surface area contributed by atoms with Gasteiger partial charge in [0, 0.05) is 0 Å². The summed E-state index contributed by atoms with van der Waals surface area (Å²) in [5.41, 5.74) is 10.6. The molecule has 5 rings (SSSR count). The van der Waals surface area contributed by atoms with Gasteiger partial charge in [-0.25, -0.2) is 0 Å². The van der Waals surface area contributed by atoms with Gasteiger partial charge in [-0.05, 0) is 93.7 Å². The molecule has 0 heterocycles. The van der Waals surface area contributed by atoms with Crippen LogP contribution in [0, 0.1) is 27.7 Å². The highest BCUT2D eigenvalue weighted by molar-refractivity contribution is 6.21. The highest BCUT2D eigenvalue weighted by Crippen LogP contribution is 2.43. The van der Waals surface area contributed by atoms with Gasteiger partial charge in [-0.15, -0.1) is 0 Å². The summed E-state index contributed by atoms with van der Waals surface area (Å²) in [6.07, 6.45) is 0. The van der Waals surface area contributed by atoms with Crippen LogP contribution in [0.1, 0.15) is 22.3 Å². The minimum Gasteiger partial charge on any atom is -0.0616 e. The fourth-order valence-electron chi connectivity index (χ4n) is 4.54. The zero-order valence-corrected chi connectivity index (χ0v) is 18.1. The molecular formula is C30H26. The van der Waals surface area contributed by atoms with Crippen LogP contribution in [0.3, 0.4) is 0 Å². The van der Waals surface area contributed by atoms with Crippen LogP contribution >= 0.6 is 0 Å². The van der Waals surface area contributed by atoms with Gasteiger partial charge in [-0.2, -0.15) is 0 Å². The summed E-state index contributed by atoms with van der Waals surface area (Å²) in [7, 11) is 0. The summed E-state index contributed by atoms with van der Waals surface area (Å²) in [5.74, 6) is 0. The highest BCUT2D eigenvalue weighted by atomic mass is 14.2. The SMILES string of the molecule is Cc1ccc(-c2c3ccccc3c(-c3ccc(C)c(C)c3)c3ccccc23)cc1C. The van der Waals surface area contributed by atoms with Crippen LogP contribution in [-0.4, -0.2) is 0 Å². The average Bonchev–Trinajstić information content (AvgIpc) is 2.76. The van der Waals surface area contributed by atoms with Crippen molar-refractivity contribution < 1.29 is 0 Å². The lowest BCUT2D eigenvalue weighted by molar-refractivity contribution is 1.34. The Morgan fingerprint density at radius 1 is 0.367 bits per heavy atom. The van der Waals surface area contributed by atoms with Crippen molar-refractivity contribution in [1.82, 2.24) is 0 Å². The molecule has 0 atom stereocenters. The Morgan fingerprint density at radius 3 is 1.00 bits per heavy atom. The lowest BCUT2D eigenvalue weighted by atomic mass is 9.85. The van der Waals surface area contributed by atoms with Crippen molar-refractivity contribution in [1.29, 1.82) is 0 Å². The fraction of sp³-hybridized carbons (Fsp3) is 0.133. The number of benzene rings is 5. The lowest BCUT2D eigenvalue weighted by Crippen LogP contribution is -1.92. The summed E-state index contributed by atoms with van der Waals surface area (Å²) in [6, 6.07) is 31.4. The fourth-order valence-corrected chi connectivity index (χ4v) is 4.54. The molecule has 0 saturated heterocycles. The normalized spacial score (nSPS) is 11.3. The van der Waals surface area contributed by atoms with Gasteiger partial charge in [0.15, 0.2) is 0 Å². The van der Waals surface area contributed by atoms with E-state index in [0.717, 1.165) is 0 Å². The number of rotatable bonds is 2. The highest BCUT2D eigenvalue weighted by Gasteiger charge is 2.16. The van der Waals surface area contributed by atoms with Gasteiger partial charge in [-0.3, -0.25) is 0 Å². The van der Waals surface area contributed by atoms with E-state index in [1.807, 2.05) is 0 Å². The first-order valence-electron chi connectivity index (χ1n) is 10.6. The molecule has 5 aromatic carbocycles. The molecule has 0 aromatic heterocycles. The molecule has 0 nitrogen and oxygen atoms in total. The Bertz CT molecular complexity index is 1250. The van der Waals surface area contributed by atoms with Gasteiger partial charge in [0.2, 0.25) is 0 Å². The maximum absolute atomic E-state index is 2.33. The Labute approximate surface area is 178 Å². The van der Waals surface area contributed by atoms with Crippen molar-refractivity contribution in [2.75, 3.05) is 0 Å². The number of fused-ring (bicyclic) bond motifs is 2. The molecule has 0 radical (unpaired) electrons. The van der Waals surface area contributed by atoms with E-state index in [-0.39, 0.29) is 0 Å². The van der Waals surface area contributed by atoms with Crippen molar-refractivity contribution in [3.05, 3.63) is 107 Å². The van der Waals surface area contributed by atoms with E-state index >= 15 is 0 Å². The second kappa shape index (κ2) is 7.15. The first-order chi connectivity index (χ1) is 14.5. The Kier molecular flexibility index (Phi) is 4.44. The second-order valence-electron chi connectivity index (χ2n) is 8.44. The van der Waals surface area contributed by atoms with E-state index in [2.05, 4.69) is 113 Å². The molecule has 0 aliphatic heterocycles. The molecule has 0 aliphatic carbocycles. The monoisotopic (exact) mass is 386 g/mol. The quantitative estimate of drug-likeness (QED) is 0.267. The summed E-state index contributed by atoms with van der Waals surface area (Å²) < 4.78 is 0. The zero-order valence-electron chi connectivity index (χ0n) is 18.1. The van der Waals surface area contributed by atoms with Gasteiger partial charge in [0.25, 0.3) is 0 Å². The van der Waals surface area contributed by atoms with Gasteiger partial charge in [0.05, 0.1) is 0 Å². The molecule has 30 heavy (non-hydrogen) atoms. The van der Waals surface area contributed by atoms with E-state index in [1.54, 1.807) is 0 Å². The molecule has 0 bridgehead atoms. The van der Waals surface area contributed by atoms with E-state index in [9.17, 15) is 0 Å². The van der Waals surface area contributed by atoms with Crippen LogP contribution in [-0.2, 0) is 0 Å². The predicted octanol–water partition coefficient (Wildman–Crippen LogP) is 8.56. The van der Waals surface area contributed by atoms with E-state index in [1.165, 1.54) is 66.1 Å². The summed E-state index contributed by atoms with van der Waals surface area (Å²) >= 11 is 0. The molecule has 0 heteroatoms. The maximum Gasteiger partial charge on any atom is -0.00263 e. The van der Waals surface area contributed by atoms with Crippen LogP contribution < -0.4 is 0 Å². The molecule has 0 amide bonds. The van der Waals surface area contributed by atoms with E-state index in [4.69, 9.17) is 0 Å². The smallest absolute Gasteiger partial charge is 0.00263 e. The van der Waals surface area contributed by atoms with Crippen LogP contribution in [0.2, 0.25) is 0 Å². The minimum absolute atomic E-state index is 1.29. The summed E-state index contributed by atoms with van der Waals surface area (Å²) in [4.78, 5) is 0. The molecular weight excluding hydrogens is 360 g/mol. The van der Waals surface area contributed by atoms with Gasteiger partial charge < -0.3 is 0 Å². The van der Waals surface area contributed by atoms with Crippen LogP contribution in [0.25, 0.3) is 43.8 Å². The van der Waals surface area contributed by atoms with Crippen molar-refractivity contribution in [2.45, 2.75) is 27.7 Å². The molecule has 0 unspecified atom stereocenters. The van der Waals surface area contributed by atoms with E-state index < -0.39 is 0 Å². The largest absolute Gasteiger partial charge is 0.0616 e. The molecule has 0 fully saturated rings. The van der Waals surface area contributed by atoms with Gasteiger partial charge in [0.1, 0.15) is 0 Å². The third-order valence-electron chi connectivity index (χ3n) is 6.52. The zero-order chi connectivity index (χ0) is 20.8. The maximum atomic E-state index is 2.33. The lowest BCUT2D eigenvalue weighted by Gasteiger charge is -2.18. The van der Waals surface area contributed by atoms with Crippen molar-refractivity contribution >= 4 is 21.5 Å². The van der Waals surface area contributed by atoms with Crippen molar-refractivity contribution in [3.63, 3.8) is 0 Å². The third-order valence-corrected chi connectivity index (χ3v) is 6.52. The minimum atomic E-state index is 1.29. The standard InChI is InChI=1S/C30H26/c1-19-13-15-23(17-21(19)3)29-25-9-5-7-11-27(25)30(28-12-8-6-10-26(28)29)24-16-14-20(2)22(4)18-24/h5-18H,1-4H3. The molecule has 146 valence electrons. The number of hydrogen-bond acceptors (Lipinski definition) is 0. The van der Waals surface area contributed by atoms with E-state index in [0.29, 0.717) is 0 Å². The first-order valence-corrected chi connectivity index (χ1v) is 10.6. The average molecular weight is 387 g/mol. The molecule has 5 aromatic rings. The Morgan fingerprint density at radius 2 is 0.700 bits per heavy atom. The van der Waals surface area contributed by atoms with Gasteiger partial charge in [-0.1, -0.05) is 84.9 Å². The van der Waals surface area contributed by atoms with Crippen LogP contribution in [0.4, 0.5) is 0 Å². The molecule has 0 N–H and O–H groups in total. The second-order valence-corrected chi connectivity index (χ2v) is 8.44. The van der Waals surface area contributed by atoms with Crippen LogP contribution in [0.5, 0.6) is 0 Å². The Hall–Kier alpha value is -3.38. The predicted molar refractivity (Wildman–Crippen MR) is 131 cm³/mol. The summed E-state index contributed by atoms with van der Waals surface area (Å²) in [5, 5.41) is 5.25. The number of hydrogen-bond donors (Lipinski definition) is 0. The third kappa shape index (κ3) is 2.92. The van der Waals surface area contributed by atoms with Crippen molar-refractivity contribution in [2.24, 2.45) is 0 Å². The molecule has 0 saturated carbocycles. The molecule has 0 spiro atoms. The first kappa shape index (κ1) is 18.6. The topological polar surface area (TPSA) is 0 Å². The number of aryl methyl sites for hydroxylation is 4. The van der Waals surface area contributed by atoms with Crippen molar-refractivity contribution in [3.8, 4) is 22.3 Å².